The molecule has 0 aliphatic heterocycles. The largest absolute Gasteiger partial charge is 0.494 e. The lowest BCUT2D eigenvalue weighted by Gasteiger charge is -2.16. The van der Waals surface area contributed by atoms with E-state index >= 15 is 0 Å². The summed E-state index contributed by atoms with van der Waals surface area (Å²) < 4.78 is 64.4. The van der Waals surface area contributed by atoms with Crippen LogP contribution < -0.4 is 9.64 Å². The maximum atomic E-state index is 12.6. The van der Waals surface area contributed by atoms with Crippen molar-refractivity contribution in [2.24, 2.45) is 10.2 Å². The minimum absolute atomic E-state index is 0.0397. The first kappa shape index (κ1) is 26.2. The Morgan fingerprint density at radius 1 is 1.12 bits per heavy atom. The van der Waals surface area contributed by atoms with Gasteiger partial charge in [-0.25, -0.2) is 17.4 Å². The van der Waals surface area contributed by atoms with Crippen molar-refractivity contribution in [1.82, 2.24) is 0 Å². The number of hydrogen-bond acceptors (Lipinski definition) is 10. The Morgan fingerprint density at radius 2 is 1.79 bits per heavy atom. The highest BCUT2D eigenvalue weighted by Gasteiger charge is 2.22. The van der Waals surface area contributed by atoms with E-state index in [0.29, 0.717) is 5.69 Å². The fraction of sp³-hybridized carbons (Fsp3) is 0.316. The van der Waals surface area contributed by atoms with Crippen molar-refractivity contribution in [1.29, 1.82) is 0 Å². The molecular formula is C19H23N3O9S2. The van der Waals surface area contributed by atoms with Crippen LogP contribution >= 0.6 is 0 Å². The fourth-order valence-electron chi connectivity index (χ4n) is 2.86. The number of azo groups is 1. The maximum Gasteiger partial charge on any atom is 0.397 e. The molecule has 0 saturated heterocycles. The van der Waals surface area contributed by atoms with E-state index in [1.54, 1.807) is 31.1 Å². The number of methoxy groups -OCH3 is 1. The van der Waals surface area contributed by atoms with Crippen molar-refractivity contribution in [2.45, 2.75) is 11.8 Å². The number of carbonyl (C=O) groups is 1. The van der Waals surface area contributed by atoms with Crippen molar-refractivity contribution in [3.8, 4) is 5.75 Å². The van der Waals surface area contributed by atoms with Crippen LogP contribution in [0.15, 0.2) is 45.5 Å². The molecule has 0 spiro atoms. The second-order valence-corrected chi connectivity index (χ2v) is 10.1. The van der Waals surface area contributed by atoms with Crippen LogP contribution in [-0.2, 0) is 24.4 Å². The van der Waals surface area contributed by atoms with Gasteiger partial charge in [0.1, 0.15) is 17.1 Å². The van der Waals surface area contributed by atoms with Gasteiger partial charge in [-0.15, -0.1) is 10.2 Å². The van der Waals surface area contributed by atoms with Crippen molar-refractivity contribution in [3.63, 3.8) is 0 Å². The summed E-state index contributed by atoms with van der Waals surface area (Å²) in [6, 6.07) is 7.22. The molecule has 14 heteroatoms. The summed E-state index contributed by atoms with van der Waals surface area (Å²) in [6.45, 7) is 0.717. The molecule has 0 aliphatic rings. The first-order chi connectivity index (χ1) is 15.3. The number of carboxylic acid groups (broad SMARTS) is 1. The molecule has 33 heavy (non-hydrogen) atoms. The predicted molar refractivity (Wildman–Crippen MR) is 119 cm³/mol. The normalized spacial score (nSPS) is 12.2. The molecule has 0 fully saturated rings. The molecule has 0 radical (unpaired) electrons. The quantitative estimate of drug-likeness (QED) is 0.364. The van der Waals surface area contributed by atoms with E-state index in [1.165, 1.54) is 32.2 Å². The molecule has 2 aromatic rings. The molecule has 2 aromatic carbocycles. The Morgan fingerprint density at radius 3 is 2.33 bits per heavy atom. The fourth-order valence-corrected chi connectivity index (χ4v) is 4.62. The molecular weight excluding hydrogens is 478 g/mol. The van der Waals surface area contributed by atoms with E-state index in [2.05, 4.69) is 14.4 Å². The molecule has 0 atom stereocenters. The van der Waals surface area contributed by atoms with E-state index < -0.39 is 38.6 Å². The average Bonchev–Trinajstić information content (AvgIpc) is 2.70. The van der Waals surface area contributed by atoms with Crippen LogP contribution in [0, 0.1) is 6.92 Å². The van der Waals surface area contributed by atoms with E-state index in [9.17, 15) is 26.7 Å². The van der Waals surface area contributed by atoms with Crippen LogP contribution in [0.25, 0.3) is 0 Å². The molecule has 12 nitrogen and oxygen atoms in total. The first-order valence-corrected chi connectivity index (χ1v) is 12.3. The van der Waals surface area contributed by atoms with Crippen molar-refractivity contribution < 1.29 is 40.2 Å². The van der Waals surface area contributed by atoms with E-state index in [-0.39, 0.29) is 33.1 Å². The van der Waals surface area contributed by atoms with E-state index in [0.717, 1.165) is 0 Å². The van der Waals surface area contributed by atoms with Gasteiger partial charge in [-0.05, 0) is 30.7 Å². The lowest BCUT2D eigenvalue weighted by molar-refractivity contribution is 0.0697. The predicted octanol–water partition coefficient (Wildman–Crippen LogP) is 2.78. The van der Waals surface area contributed by atoms with Crippen molar-refractivity contribution in [3.05, 3.63) is 41.5 Å². The second kappa shape index (κ2) is 10.2. The number of benzene rings is 2. The molecule has 180 valence electrons. The molecule has 0 amide bonds. The van der Waals surface area contributed by atoms with Gasteiger partial charge in [0.25, 0.3) is 0 Å². The summed E-state index contributed by atoms with van der Waals surface area (Å²) in [5, 5.41) is 17.7. The lowest BCUT2D eigenvalue weighted by atomic mass is 10.1. The van der Waals surface area contributed by atoms with E-state index in [1.807, 2.05) is 0 Å². The monoisotopic (exact) mass is 501 g/mol. The highest BCUT2D eigenvalue weighted by atomic mass is 32.3. The second-order valence-electron chi connectivity index (χ2n) is 6.93. The topological polar surface area (TPSA) is 172 Å². The maximum absolute atomic E-state index is 12.6. The first-order valence-electron chi connectivity index (χ1n) is 9.25. The summed E-state index contributed by atoms with van der Waals surface area (Å²) in [5.41, 5.74) is 0.948. The van der Waals surface area contributed by atoms with Crippen LogP contribution in [0.3, 0.4) is 0 Å². The van der Waals surface area contributed by atoms with Crippen LogP contribution in [0.1, 0.15) is 15.9 Å². The summed E-state index contributed by atoms with van der Waals surface area (Å²) in [5.74, 6) is -1.86. The number of aryl methyl sites for hydroxylation is 1. The minimum Gasteiger partial charge on any atom is -0.494 e. The summed E-state index contributed by atoms with van der Waals surface area (Å²) in [6.07, 6.45) is 0. The molecule has 0 saturated carbocycles. The summed E-state index contributed by atoms with van der Waals surface area (Å²) in [4.78, 5) is 13.1. The Bertz CT molecular complexity index is 1290. The molecule has 0 bridgehead atoms. The molecule has 0 heterocycles. The van der Waals surface area contributed by atoms with Crippen molar-refractivity contribution in [2.75, 3.05) is 38.5 Å². The van der Waals surface area contributed by atoms with Gasteiger partial charge in [0.15, 0.2) is 9.84 Å². The zero-order chi connectivity index (χ0) is 25.0. The molecule has 2 N–H and O–H groups in total. The van der Waals surface area contributed by atoms with Gasteiger partial charge in [-0.1, -0.05) is 6.07 Å². The molecule has 0 aromatic heterocycles. The molecule has 2 rings (SSSR count). The Kier molecular flexibility index (Phi) is 8.13. The van der Waals surface area contributed by atoms with Crippen molar-refractivity contribution >= 4 is 43.3 Å². The van der Waals surface area contributed by atoms with Crippen LogP contribution in [0.2, 0.25) is 0 Å². The number of nitrogens with zero attached hydrogens (tertiary/aromatic N) is 3. The van der Waals surface area contributed by atoms with Gasteiger partial charge in [-0.3, -0.25) is 4.55 Å². The summed E-state index contributed by atoms with van der Waals surface area (Å²) >= 11 is 0. The average molecular weight is 502 g/mol. The lowest BCUT2D eigenvalue weighted by Crippen LogP contribution is -2.16. The summed E-state index contributed by atoms with van der Waals surface area (Å²) in [7, 11) is -4.05. The number of anilines is 1. The molecule has 0 aliphatic carbocycles. The number of aromatic carboxylic acids is 1. The van der Waals surface area contributed by atoms with Gasteiger partial charge in [-0.2, -0.15) is 8.42 Å². The van der Waals surface area contributed by atoms with Crippen LogP contribution in [0.4, 0.5) is 17.1 Å². The van der Waals surface area contributed by atoms with Gasteiger partial charge < -0.3 is 14.7 Å². The van der Waals surface area contributed by atoms with Gasteiger partial charge in [0, 0.05) is 20.2 Å². The highest BCUT2D eigenvalue weighted by molar-refractivity contribution is 7.91. The standard InChI is InChI=1S/C19H23N3O9S2/c1-12-10-14(20-21-18-13(19(23)24)6-5-7-15(18)22(2)3)16(30-4)11-17(12)32(25,26)9-8-31-33(27,28)29/h5-7,10-11H,8-9H2,1-4H3,(H,23,24)(H,27,28,29)/b21-20+. The zero-order valence-corrected chi connectivity index (χ0v) is 19.8. The third kappa shape index (κ3) is 6.71. The SMILES string of the molecule is COc1cc(S(=O)(=O)CCOS(=O)(=O)O)c(C)cc1/N=N/c1c(C(=O)O)cccc1N(C)C. The number of rotatable bonds is 10. The Hall–Kier alpha value is -3.07. The molecule has 0 unspecified atom stereocenters. The van der Waals surface area contributed by atoms with E-state index in [4.69, 9.17) is 9.29 Å². The third-order valence-corrected chi connectivity index (χ3v) is 6.66. The third-order valence-electron chi connectivity index (χ3n) is 4.38. The zero-order valence-electron chi connectivity index (χ0n) is 18.2. The Labute approximate surface area is 191 Å². The smallest absolute Gasteiger partial charge is 0.397 e. The number of hydrogen-bond donors (Lipinski definition) is 2. The van der Waals surface area contributed by atoms with Crippen LogP contribution in [0.5, 0.6) is 5.75 Å². The number of carboxylic acids is 1. The number of ether oxygens (including phenoxy) is 1. The Balaban J connectivity index is 2.48. The van der Waals surface area contributed by atoms with Gasteiger partial charge in [0.05, 0.1) is 35.6 Å². The van der Waals surface area contributed by atoms with Crippen LogP contribution in [-0.4, -0.2) is 66.0 Å². The van der Waals surface area contributed by atoms with Gasteiger partial charge in [0.2, 0.25) is 0 Å². The van der Waals surface area contributed by atoms with Gasteiger partial charge >= 0.3 is 16.4 Å². The number of sulfone groups is 1. The minimum atomic E-state index is -4.77. The highest BCUT2D eigenvalue weighted by Crippen LogP contribution is 2.37.